The normalized spacial score (nSPS) is 11.0. The number of halogens is 3. The molecule has 0 heterocycles. The van der Waals surface area contributed by atoms with Gasteiger partial charge in [0.25, 0.3) is 0 Å². The minimum absolute atomic E-state index is 0.0908. The van der Waals surface area contributed by atoms with Gasteiger partial charge in [-0.15, -0.1) is 0 Å². The fourth-order valence-electron chi connectivity index (χ4n) is 1.47. The van der Waals surface area contributed by atoms with Crippen LogP contribution in [0, 0.1) is 6.92 Å². The van der Waals surface area contributed by atoms with E-state index in [-0.39, 0.29) is 5.56 Å². The zero-order valence-corrected chi connectivity index (χ0v) is 10.5. The third-order valence-electron chi connectivity index (χ3n) is 2.41. The SMILES string of the molecule is Cc1cc(NC(=O)NCCC(F)(F)F)ccc1C(=O)O. The van der Waals surface area contributed by atoms with E-state index in [2.05, 4.69) is 10.6 Å². The molecule has 0 aliphatic carbocycles. The lowest BCUT2D eigenvalue weighted by Gasteiger charge is -2.10. The number of nitrogens with one attached hydrogen (secondary N) is 2. The first-order valence-electron chi connectivity index (χ1n) is 5.64. The largest absolute Gasteiger partial charge is 0.478 e. The molecule has 0 unspecified atom stereocenters. The molecule has 8 heteroatoms. The van der Waals surface area contributed by atoms with Crippen LogP contribution in [-0.2, 0) is 0 Å². The zero-order valence-electron chi connectivity index (χ0n) is 10.5. The van der Waals surface area contributed by atoms with E-state index >= 15 is 0 Å². The van der Waals surface area contributed by atoms with Crippen LogP contribution in [0.25, 0.3) is 0 Å². The fraction of sp³-hybridized carbons (Fsp3) is 0.333. The zero-order chi connectivity index (χ0) is 15.3. The highest BCUT2D eigenvalue weighted by atomic mass is 19.4. The first-order chi connectivity index (χ1) is 9.19. The van der Waals surface area contributed by atoms with Crippen molar-refractivity contribution in [3.05, 3.63) is 29.3 Å². The van der Waals surface area contributed by atoms with Gasteiger partial charge in [0.05, 0.1) is 12.0 Å². The lowest BCUT2D eigenvalue weighted by atomic mass is 10.1. The van der Waals surface area contributed by atoms with Gasteiger partial charge < -0.3 is 15.7 Å². The number of aromatic carboxylic acids is 1. The molecule has 110 valence electrons. The Balaban J connectivity index is 2.54. The van der Waals surface area contributed by atoms with Gasteiger partial charge in [0.2, 0.25) is 0 Å². The molecule has 0 aliphatic rings. The third kappa shape index (κ3) is 5.17. The molecule has 0 saturated heterocycles. The van der Waals surface area contributed by atoms with Crippen LogP contribution >= 0.6 is 0 Å². The summed E-state index contributed by atoms with van der Waals surface area (Å²) >= 11 is 0. The average molecular weight is 290 g/mol. The lowest BCUT2D eigenvalue weighted by molar-refractivity contribution is -0.132. The second-order valence-corrected chi connectivity index (χ2v) is 4.08. The topological polar surface area (TPSA) is 78.4 Å². The maximum Gasteiger partial charge on any atom is 0.390 e. The Hall–Kier alpha value is -2.25. The Bertz CT molecular complexity index is 515. The fourth-order valence-corrected chi connectivity index (χ4v) is 1.47. The van der Waals surface area contributed by atoms with Crippen molar-refractivity contribution in [1.82, 2.24) is 5.32 Å². The highest BCUT2D eigenvalue weighted by Gasteiger charge is 2.26. The van der Waals surface area contributed by atoms with Gasteiger partial charge in [-0.1, -0.05) is 0 Å². The summed E-state index contributed by atoms with van der Waals surface area (Å²) in [6.07, 6.45) is -5.44. The van der Waals surface area contributed by atoms with Crippen molar-refractivity contribution >= 4 is 17.7 Å². The number of amides is 2. The first-order valence-corrected chi connectivity index (χ1v) is 5.64. The molecule has 0 radical (unpaired) electrons. The third-order valence-corrected chi connectivity index (χ3v) is 2.41. The van der Waals surface area contributed by atoms with Crippen LogP contribution in [0.1, 0.15) is 22.3 Å². The van der Waals surface area contributed by atoms with Crippen LogP contribution in [0.15, 0.2) is 18.2 Å². The number of carbonyl (C=O) groups is 2. The molecule has 0 saturated carbocycles. The molecule has 1 aromatic carbocycles. The van der Waals surface area contributed by atoms with Crippen molar-refractivity contribution in [2.75, 3.05) is 11.9 Å². The summed E-state index contributed by atoms with van der Waals surface area (Å²) in [7, 11) is 0. The number of alkyl halides is 3. The minimum atomic E-state index is -4.33. The number of urea groups is 1. The minimum Gasteiger partial charge on any atom is -0.478 e. The summed E-state index contributed by atoms with van der Waals surface area (Å²) in [5, 5.41) is 13.2. The van der Waals surface area contributed by atoms with Crippen molar-refractivity contribution < 1.29 is 27.9 Å². The monoisotopic (exact) mass is 290 g/mol. The molecular formula is C12H13F3N2O3. The molecule has 2 amide bonds. The molecule has 1 aromatic rings. The highest BCUT2D eigenvalue weighted by molar-refractivity contribution is 5.92. The number of benzene rings is 1. The van der Waals surface area contributed by atoms with Crippen LogP contribution in [0.3, 0.4) is 0 Å². The molecule has 5 nitrogen and oxygen atoms in total. The van der Waals surface area contributed by atoms with Gasteiger partial charge in [0, 0.05) is 12.2 Å². The number of hydrogen-bond acceptors (Lipinski definition) is 2. The van der Waals surface area contributed by atoms with Gasteiger partial charge in [-0.25, -0.2) is 9.59 Å². The summed E-state index contributed by atoms with van der Waals surface area (Å²) in [5.74, 6) is -1.09. The van der Waals surface area contributed by atoms with Crippen LogP contribution in [-0.4, -0.2) is 29.8 Å². The number of rotatable bonds is 4. The van der Waals surface area contributed by atoms with E-state index in [1.54, 1.807) is 6.92 Å². The number of aryl methyl sites for hydroxylation is 1. The van der Waals surface area contributed by atoms with Gasteiger partial charge in [-0.05, 0) is 30.7 Å². The van der Waals surface area contributed by atoms with Crippen LogP contribution in [0.4, 0.5) is 23.7 Å². The summed E-state index contributed by atoms with van der Waals surface area (Å²) in [4.78, 5) is 22.1. The lowest BCUT2D eigenvalue weighted by Crippen LogP contribution is -2.31. The van der Waals surface area contributed by atoms with Gasteiger partial charge in [-0.3, -0.25) is 0 Å². The van der Waals surface area contributed by atoms with E-state index in [9.17, 15) is 22.8 Å². The number of hydrogen-bond donors (Lipinski definition) is 3. The molecule has 3 N–H and O–H groups in total. The predicted octanol–water partition coefficient (Wildman–Crippen LogP) is 2.77. The van der Waals surface area contributed by atoms with E-state index in [0.717, 1.165) is 0 Å². The van der Waals surface area contributed by atoms with E-state index in [1.165, 1.54) is 18.2 Å². The quantitative estimate of drug-likeness (QED) is 0.797. The van der Waals surface area contributed by atoms with Crippen LogP contribution < -0.4 is 10.6 Å². The molecule has 1 rings (SSSR count). The Morgan fingerprint density at radius 2 is 1.95 bits per heavy atom. The molecule has 0 atom stereocenters. The molecule has 0 spiro atoms. The summed E-state index contributed by atoms with van der Waals surface area (Å²) in [6, 6.07) is 3.31. The Kier molecular flexibility index (Phi) is 4.95. The number of anilines is 1. The Morgan fingerprint density at radius 1 is 1.30 bits per heavy atom. The van der Waals surface area contributed by atoms with Gasteiger partial charge >= 0.3 is 18.2 Å². The summed E-state index contributed by atoms with van der Waals surface area (Å²) in [5.41, 5.74) is 0.829. The molecule has 20 heavy (non-hydrogen) atoms. The van der Waals surface area contributed by atoms with Crippen molar-refractivity contribution in [1.29, 1.82) is 0 Å². The van der Waals surface area contributed by atoms with Gasteiger partial charge in [0.15, 0.2) is 0 Å². The van der Waals surface area contributed by atoms with Crippen molar-refractivity contribution in [2.45, 2.75) is 19.5 Å². The van der Waals surface area contributed by atoms with Crippen molar-refractivity contribution in [3.63, 3.8) is 0 Å². The number of carbonyl (C=O) groups excluding carboxylic acids is 1. The second kappa shape index (κ2) is 6.27. The van der Waals surface area contributed by atoms with E-state index < -0.39 is 31.1 Å². The summed E-state index contributed by atoms with van der Waals surface area (Å²) in [6.45, 7) is 1.03. The molecule has 0 bridgehead atoms. The van der Waals surface area contributed by atoms with Crippen molar-refractivity contribution in [2.24, 2.45) is 0 Å². The Labute approximate surface area is 112 Å². The molecule has 0 fully saturated rings. The second-order valence-electron chi connectivity index (χ2n) is 4.08. The van der Waals surface area contributed by atoms with Gasteiger partial charge in [0.1, 0.15) is 0 Å². The van der Waals surface area contributed by atoms with E-state index in [4.69, 9.17) is 5.11 Å². The Morgan fingerprint density at radius 3 is 2.45 bits per heavy atom. The number of carboxylic acid groups (broad SMARTS) is 1. The molecule has 0 aromatic heterocycles. The molecular weight excluding hydrogens is 277 g/mol. The molecule has 0 aliphatic heterocycles. The summed E-state index contributed by atoms with van der Waals surface area (Å²) < 4.78 is 35.6. The maximum atomic E-state index is 11.9. The van der Waals surface area contributed by atoms with Crippen molar-refractivity contribution in [3.8, 4) is 0 Å². The standard InChI is InChI=1S/C12H13F3N2O3/c1-7-6-8(2-3-9(7)10(18)19)17-11(20)16-5-4-12(13,14)15/h2-3,6H,4-5H2,1H3,(H,18,19)(H2,16,17,20). The van der Waals surface area contributed by atoms with E-state index in [1.807, 2.05) is 0 Å². The predicted molar refractivity (Wildman–Crippen MR) is 65.8 cm³/mol. The van der Waals surface area contributed by atoms with Gasteiger partial charge in [-0.2, -0.15) is 13.2 Å². The maximum absolute atomic E-state index is 11.9. The first kappa shape index (κ1) is 15.8. The van der Waals surface area contributed by atoms with Crippen LogP contribution in [0.2, 0.25) is 0 Å². The van der Waals surface area contributed by atoms with E-state index in [0.29, 0.717) is 11.3 Å². The van der Waals surface area contributed by atoms with Crippen LogP contribution in [0.5, 0.6) is 0 Å². The smallest absolute Gasteiger partial charge is 0.390 e. The average Bonchev–Trinajstić information content (AvgIpc) is 2.26. The highest BCUT2D eigenvalue weighted by Crippen LogP contribution is 2.18. The number of carboxylic acids is 1.